The number of hydrogen-bond donors (Lipinski definition) is 3. The van der Waals surface area contributed by atoms with Crippen molar-refractivity contribution in [3.05, 3.63) is 59.2 Å². The highest BCUT2D eigenvalue weighted by molar-refractivity contribution is 6.39. The van der Waals surface area contributed by atoms with Crippen LogP contribution in [0.15, 0.2) is 64.2 Å². The summed E-state index contributed by atoms with van der Waals surface area (Å²) < 4.78 is 13.7. The maximum absolute atomic E-state index is 13.7. The lowest BCUT2D eigenvalue weighted by Crippen LogP contribution is -2.46. The molecule has 0 radical (unpaired) electrons. The molecule has 2 rings (SSSR count). The maximum Gasteiger partial charge on any atom is 0.0971 e. The summed E-state index contributed by atoms with van der Waals surface area (Å²) in [5.41, 5.74) is 13.2. The van der Waals surface area contributed by atoms with Crippen LogP contribution >= 0.6 is 11.6 Å². The van der Waals surface area contributed by atoms with Gasteiger partial charge in [0.15, 0.2) is 0 Å². The van der Waals surface area contributed by atoms with Crippen molar-refractivity contribution in [3.8, 4) is 0 Å². The Labute approximate surface area is 229 Å². The highest BCUT2D eigenvalue weighted by Gasteiger charge is 2.26. The van der Waals surface area contributed by atoms with Crippen molar-refractivity contribution >= 4 is 17.8 Å². The second kappa shape index (κ2) is 18.4. The Kier molecular flexibility index (Phi) is 15.6. The van der Waals surface area contributed by atoms with Gasteiger partial charge in [0.25, 0.3) is 0 Å². The Morgan fingerprint density at radius 3 is 2.68 bits per heavy atom. The zero-order valence-corrected chi connectivity index (χ0v) is 23.6. The minimum Gasteiger partial charge on any atom is -0.403 e. The Hall–Kier alpha value is -1.89. The number of nitrogens with one attached hydrogen (secondary N) is 1. The first-order valence-electron chi connectivity index (χ1n) is 14.0. The van der Waals surface area contributed by atoms with E-state index in [-0.39, 0.29) is 5.83 Å². The topological polar surface area (TPSA) is 79.7 Å². The summed E-state index contributed by atoms with van der Waals surface area (Å²) in [5, 5.41) is 4.03. The minimum absolute atomic E-state index is 0.164. The fourth-order valence-electron chi connectivity index (χ4n) is 4.65. The van der Waals surface area contributed by atoms with Crippen LogP contribution in [0.1, 0.15) is 64.7 Å². The number of nitrogens with two attached hydrogens (primary N) is 2. The van der Waals surface area contributed by atoms with E-state index in [1.165, 1.54) is 38.9 Å². The molecule has 1 heterocycles. The van der Waals surface area contributed by atoms with E-state index in [1.54, 1.807) is 12.3 Å². The molecule has 5 nitrogen and oxygen atoms in total. The van der Waals surface area contributed by atoms with Crippen LogP contribution in [0, 0.1) is 17.8 Å². The molecule has 1 aliphatic heterocycles. The van der Waals surface area contributed by atoms with Gasteiger partial charge in [-0.1, -0.05) is 43.2 Å². The number of nitrogens with zero attached hydrogens (tertiary/aromatic N) is 2. The van der Waals surface area contributed by atoms with Crippen molar-refractivity contribution in [3.63, 3.8) is 0 Å². The van der Waals surface area contributed by atoms with E-state index in [1.807, 2.05) is 18.2 Å². The quantitative estimate of drug-likeness (QED) is 0.0988. The summed E-state index contributed by atoms with van der Waals surface area (Å²) in [5.74, 6) is 2.07. The average molecular weight is 534 g/mol. The summed E-state index contributed by atoms with van der Waals surface area (Å²) in [7, 11) is 0. The van der Waals surface area contributed by atoms with Gasteiger partial charge in [-0.15, -0.1) is 0 Å². The molecule has 7 heteroatoms. The molecule has 208 valence electrons. The third-order valence-electron chi connectivity index (χ3n) is 7.15. The van der Waals surface area contributed by atoms with Crippen molar-refractivity contribution in [1.29, 1.82) is 0 Å². The fraction of sp³-hybridized carbons (Fsp3) is 0.633. The second-order valence-corrected chi connectivity index (χ2v) is 11.0. The zero-order valence-electron chi connectivity index (χ0n) is 22.8. The van der Waals surface area contributed by atoms with Crippen LogP contribution in [0.2, 0.25) is 0 Å². The van der Waals surface area contributed by atoms with E-state index in [0.717, 1.165) is 81.3 Å². The summed E-state index contributed by atoms with van der Waals surface area (Å²) in [6.07, 6.45) is 20.7. The van der Waals surface area contributed by atoms with Crippen LogP contribution in [-0.4, -0.2) is 50.4 Å². The lowest BCUT2D eigenvalue weighted by atomic mass is 9.93. The Morgan fingerprint density at radius 2 is 2.00 bits per heavy atom. The second-order valence-electron chi connectivity index (χ2n) is 10.6. The van der Waals surface area contributed by atoms with Crippen molar-refractivity contribution in [2.45, 2.75) is 64.7 Å². The molecule has 1 aliphatic carbocycles. The van der Waals surface area contributed by atoms with Gasteiger partial charge in [0.1, 0.15) is 0 Å². The smallest absolute Gasteiger partial charge is 0.0971 e. The lowest BCUT2D eigenvalue weighted by Gasteiger charge is -2.41. The molecule has 2 fully saturated rings. The highest BCUT2D eigenvalue weighted by Crippen LogP contribution is 2.28. The summed E-state index contributed by atoms with van der Waals surface area (Å²) in [4.78, 5) is 6.65. The van der Waals surface area contributed by atoms with Crippen LogP contribution in [0.4, 0.5) is 4.39 Å². The molecule has 0 spiro atoms. The van der Waals surface area contributed by atoms with Gasteiger partial charge in [0, 0.05) is 37.7 Å². The summed E-state index contributed by atoms with van der Waals surface area (Å²) in [6.45, 7) is 11.6. The molecule has 0 aromatic carbocycles. The number of allylic oxidation sites excluding steroid dienone is 7. The first-order valence-corrected chi connectivity index (χ1v) is 14.4. The third-order valence-corrected chi connectivity index (χ3v) is 7.37. The SMILES string of the molecule is C=C(C=C/C=C(\C=C(/C)F)CCCCC(CCN)CCN=C/C(Cl)=C\N)N1CC(CCNCC2CC2)C1. The predicted molar refractivity (Wildman–Crippen MR) is 158 cm³/mol. The number of hydrogen-bond acceptors (Lipinski definition) is 5. The molecule has 1 saturated heterocycles. The average Bonchev–Trinajstić information content (AvgIpc) is 3.66. The monoisotopic (exact) mass is 533 g/mol. The molecule has 0 aromatic rings. The number of unbranched alkanes of at least 4 members (excludes halogenated alkanes) is 1. The van der Waals surface area contributed by atoms with Gasteiger partial charge < -0.3 is 21.7 Å². The van der Waals surface area contributed by atoms with Gasteiger partial charge in [-0.3, -0.25) is 4.99 Å². The van der Waals surface area contributed by atoms with Gasteiger partial charge in [0.05, 0.1) is 10.9 Å². The first kappa shape index (κ1) is 31.3. The van der Waals surface area contributed by atoms with E-state index >= 15 is 0 Å². The standard InChI is InChI=1S/C30H49ClFN5/c1-24(32)18-27(8-4-3-7-26(12-15-33)13-16-36-21-30(31)19-34)9-5-6-25(2)37-22-29(23-37)14-17-35-20-28-10-11-28/h5-6,9,18-19,21,26,28-29,35H,2-4,7-8,10-17,20,22-23,33-34H2,1H3/b6-5?,24-18+,27-9-,30-19+,36-21?. The molecule has 1 saturated carbocycles. The lowest BCUT2D eigenvalue weighted by molar-refractivity contribution is 0.140. The molecule has 0 bridgehead atoms. The molecule has 0 aromatic heterocycles. The maximum atomic E-state index is 13.7. The third kappa shape index (κ3) is 14.6. The van der Waals surface area contributed by atoms with E-state index in [2.05, 4.69) is 21.8 Å². The summed E-state index contributed by atoms with van der Waals surface area (Å²) in [6, 6.07) is 0. The zero-order chi connectivity index (χ0) is 26.9. The molecule has 1 atom stereocenters. The molecular formula is C30H49ClFN5. The van der Waals surface area contributed by atoms with Crippen LogP contribution in [0.3, 0.4) is 0 Å². The van der Waals surface area contributed by atoms with Crippen LogP contribution in [0.25, 0.3) is 0 Å². The van der Waals surface area contributed by atoms with Crippen LogP contribution in [0.5, 0.6) is 0 Å². The number of rotatable bonds is 20. The minimum atomic E-state index is -0.164. The van der Waals surface area contributed by atoms with E-state index in [9.17, 15) is 4.39 Å². The highest BCUT2D eigenvalue weighted by atomic mass is 35.5. The number of aliphatic imine (C=N–C) groups is 1. The van der Waals surface area contributed by atoms with E-state index < -0.39 is 0 Å². The Bertz CT molecular complexity index is 818. The summed E-state index contributed by atoms with van der Waals surface area (Å²) >= 11 is 5.84. The molecule has 2 aliphatic rings. The van der Waals surface area contributed by atoms with E-state index in [4.69, 9.17) is 23.1 Å². The van der Waals surface area contributed by atoms with Gasteiger partial charge in [-0.25, -0.2) is 4.39 Å². The van der Waals surface area contributed by atoms with Crippen molar-refractivity contribution in [1.82, 2.24) is 10.2 Å². The fourth-order valence-corrected chi connectivity index (χ4v) is 4.72. The Morgan fingerprint density at radius 1 is 1.22 bits per heavy atom. The van der Waals surface area contributed by atoms with Crippen LogP contribution < -0.4 is 16.8 Å². The largest absolute Gasteiger partial charge is 0.403 e. The number of likely N-dealkylation sites (tertiary alicyclic amines) is 1. The normalized spacial score (nSPS) is 18.7. The molecule has 0 amide bonds. The first-order chi connectivity index (χ1) is 17.9. The molecular weight excluding hydrogens is 485 g/mol. The molecule has 37 heavy (non-hydrogen) atoms. The van der Waals surface area contributed by atoms with Crippen LogP contribution in [-0.2, 0) is 0 Å². The van der Waals surface area contributed by atoms with Gasteiger partial charge in [-0.2, -0.15) is 0 Å². The van der Waals surface area contributed by atoms with Crippen molar-refractivity contribution in [2.24, 2.45) is 34.2 Å². The van der Waals surface area contributed by atoms with Gasteiger partial charge >= 0.3 is 0 Å². The molecule has 5 N–H and O–H groups in total. The van der Waals surface area contributed by atoms with E-state index in [0.29, 0.717) is 24.0 Å². The Balaban J connectivity index is 1.68. The van der Waals surface area contributed by atoms with Crippen molar-refractivity contribution < 1.29 is 4.39 Å². The van der Waals surface area contributed by atoms with Gasteiger partial charge in [-0.05, 0) is 107 Å². The molecule has 1 unspecified atom stereocenters. The predicted octanol–water partition coefficient (Wildman–Crippen LogP) is 6.20. The number of halogens is 2. The van der Waals surface area contributed by atoms with Gasteiger partial charge in [0.2, 0.25) is 0 Å². The van der Waals surface area contributed by atoms with Crippen molar-refractivity contribution in [2.75, 3.05) is 39.3 Å².